The van der Waals surface area contributed by atoms with Crippen LogP contribution in [0.2, 0.25) is 0 Å². The first-order chi connectivity index (χ1) is 10.4. The fraction of sp³-hybridized carbons (Fsp3) is 0.636. The molecular weight excluding hydrogens is 374 g/mol. The quantitative estimate of drug-likeness (QED) is 0.434. The number of rotatable bonds is 6. The number of hydrogen-bond donors (Lipinski definition) is 2. The molecule has 12 heteroatoms. The van der Waals surface area contributed by atoms with Crippen molar-refractivity contribution in [1.29, 1.82) is 0 Å². The lowest BCUT2D eigenvalue weighted by Crippen LogP contribution is -2.35. The van der Waals surface area contributed by atoms with Gasteiger partial charge in [0.2, 0.25) is 11.0 Å². The zero-order valence-electron chi connectivity index (χ0n) is 12.0. The Morgan fingerprint density at radius 2 is 2.26 bits per heavy atom. The number of hydrogen-bond acceptors (Lipinski definition) is 8. The summed E-state index contributed by atoms with van der Waals surface area (Å²) in [6.07, 6.45) is -0.540. The highest BCUT2D eigenvalue weighted by Crippen LogP contribution is 2.28. The van der Waals surface area contributed by atoms with Crippen molar-refractivity contribution in [3.8, 4) is 0 Å². The predicted octanol–water partition coefficient (Wildman–Crippen LogP) is 1.55. The van der Waals surface area contributed by atoms with Gasteiger partial charge in [-0.3, -0.25) is 20.2 Å². The number of ether oxygens (including phenoxy) is 1. The van der Waals surface area contributed by atoms with E-state index < -0.39 is 30.8 Å². The van der Waals surface area contributed by atoms with Crippen molar-refractivity contribution in [2.24, 2.45) is 0 Å². The summed E-state index contributed by atoms with van der Waals surface area (Å²) >= 11 is 2.20. The molecule has 2 rings (SSSR count). The molecule has 2 N–H and O–H groups in total. The maximum absolute atomic E-state index is 13.0. The van der Waals surface area contributed by atoms with Crippen LogP contribution in [0.15, 0.2) is 4.34 Å². The van der Waals surface area contributed by atoms with Crippen LogP contribution in [-0.4, -0.2) is 52.9 Å². The van der Waals surface area contributed by atoms with E-state index >= 15 is 0 Å². The molecule has 1 aliphatic heterocycles. The number of amides is 1. The van der Waals surface area contributed by atoms with Crippen LogP contribution < -0.4 is 10.6 Å². The summed E-state index contributed by atoms with van der Waals surface area (Å²) in [5.74, 6) is -3.72. The number of esters is 1. The highest BCUT2D eigenvalue weighted by atomic mass is 35.5. The van der Waals surface area contributed by atoms with Crippen molar-refractivity contribution >= 4 is 52.5 Å². The van der Waals surface area contributed by atoms with Gasteiger partial charge in [0.1, 0.15) is 0 Å². The van der Waals surface area contributed by atoms with E-state index in [1.165, 1.54) is 0 Å². The summed E-state index contributed by atoms with van der Waals surface area (Å²) in [6.45, 7) is 1.50. The molecule has 0 bridgehead atoms. The van der Waals surface area contributed by atoms with Crippen molar-refractivity contribution in [2.75, 3.05) is 24.2 Å². The van der Waals surface area contributed by atoms with Gasteiger partial charge in [0, 0.05) is 6.42 Å². The third kappa shape index (κ3) is 6.16. The fourth-order valence-corrected chi connectivity index (χ4v) is 3.29. The van der Waals surface area contributed by atoms with E-state index in [-0.39, 0.29) is 29.3 Å². The third-order valence-electron chi connectivity index (χ3n) is 2.68. The minimum atomic E-state index is -2.87. The second-order valence-electron chi connectivity index (χ2n) is 4.45. The average molecular weight is 389 g/mol. The molecule has 1 amide bonds. The van der Waals surface area contributed by atoms with Crippen molar-refractivity contribution in [1.82, 2.24) is 15.5 Å². The van der Waals surface area contributed by atoms with E-state index in [9.17, 15) is 18.4 Å². The van der Waals surface area contributed by atoms with Gasteiger partial charge in [0.25, 0.3) is 5.92 Å². The van der Waals surface area contributed by atoms with Crippen molar-refractivity contribution in [3.05, 3.63) is 0 Å². The second-order valence-corrected chi connectivity index (χ2v) is 6.65. The smallest absolute Gasteiger partial charge is 0.316 e. The second kappa shape index (κ2) is 8.71. The van der Waals surface area contributed by atoms with Gasteiger partial charge in [-0.2, -0.15) is 0 Å². The molecule has 1 unspecified atom stereocenters. The molecular formula is C11H15ClF2N4O3S2. The molecule has 2 heterocycles. The minimum Gasteiger partial charge on any atom is -0.465 e. The Morgan fingerprint density at radius 3 is 2.87 bits per heavy atom. The minimum absolute atomic E-state index is 0. The fourth-order valence-electron chi connectivity index (χ4n) is 1.74. The van der Waals surface area contributed by atoms with Crippen molar-refractivity contribution in [2.45, 2.75) is 29.6 Å². The Balaban J connectivity index is 0.00000264. The lowest BCUT2D eigenvalue weighted by Gasteiger charge is -2.08. The number of carbonyl (C=O) groups is 2. The molecule has 7 nitrogen and oxygen atoms in total. The van der Waals surface area contributed by atoms with Crippen molar-refractivity contribution < 1.29 is 23.1 Å². The molecule has 1 atom stereocenters. The predicted molar refractivity (Wildman–Crippen MR) is 84.5 cm³/mol. The standard InChI is InChI=1S/C11H14F2N4O3S2.ClH/c1-2-20-7(18)4-21-10-17-16-9(22-10)15-8(19)6-3-11(12,13)5-14-6;/h6,14H,2-5H2,1H3,(H,15,16,19);1H. The number of thioether (sulfide) groups is 1. The molecule has 1 aromatic heterocycles. The van der Waals surface area contributed by atoms with Crippen LogP contribution in [0, 0.1) is 0 Å². The van der Waals surface area contributed by atoms with Gasteiger partial charge in [0.05, 0.1) is 24.9 Å². The number of nitrogens with one attached hydrogen (secondary N) is 2. The Labute approximate surface area is 145 Å². The van der Waals surface area contributed by atoms with E-state index in [0.717, 1.165) is 23.1 Å². The van der Waals surface area contributed by atoms with Gasteiger partial charge in [-0.1, -0.05) is 23.1 Å². The van der Waals surface area contributed by atoms with Crippen LogP contribution in [0.25, 0.3) is 0 Å². The number of anilines is 1. The van der Waals surface area contributed by atoms with Crippen LogP contribution in [0.5, 0.6) is 0 Å². The highest BCUT2D eigenvalue weighted by Gasteiger charge is 2.42. The van der Waals surface area contributed by atoms with Crippen LogP contribution in [0.3, 0.4) is 0 Å². The number of carbonyl (C=O) groups excluding carboxylic acids is 2. The van der Waals surface area contributed by atoms with E-state index in [0.29, 0.717) is 10.9 Å². The van der Waals surface area contributed by atoms with E-state index in [1.807, 2.05) is 0 Å². The molecule has 1 saturated heterocycles. The molecule has 1 aromatic rings. The van der Waals surface area contributed by atoms with Crippen molar-refractivity contribution in [3.63, 3.8) is 0 Å². The van der Waals surface area contributed by atoms with Gasteiger partial charge in [-0.05, 0) is 6.92 Å². The molecule has 0 saturated carbocycles. The Hall–Kier alpha value is -1.04. The maximum atomic E-state index is 13.0. The normalized spacial score (nSPS) is 19.0. The van der Waals surface area contributed by atoms with Gasteiger partial charge in [-0.25, -0.2) is 8.78 Å². The van der Waals surface area contributed by atoms with E-state index in [2.05, 4.69) is 20.8 Å². The molecule has 130 valence electrons. The summed E-state index contributed by atoms with van der Waals surface area (Å²) in [7, 11) is 0. The first kappa shape index (κ1) is 20.0. The molecule has 1 aliphatic rings. The zero-order chi connectivity index (χ0) is 16.2. The zero-order valence-corrected chi connectivity index (χ0v) is 14.5. The van der Waals surface area contributed by atoms with Crippen LogP contribution >= 0.6 is 35.5 Å². The molecule has 0 aliphatic carbocycles. The molecule has 1 fully saturated rings. The first-order valence-corrected chi connectivity index (χ1v) is 8.24. The number of alkyl halides is 2. The number of halogens is 3. The van der Waals surface area contributed by atoms with Gasteiger partial charge in [-0.15, -0.1) is 22.6 Å². The molecule has 23 heavy (non-hydrogen) atoms. The SMILES string of the molecule is CCOC(=O)CSc1nnc(NC(=O)C2CC(F)(F)CN2)s1.Cl. The van der Waals surface area contributed by atoms with Gasteiger partial charge in [0.15, 0.2) is 4.34 Å². The summed E-state index contributed by atoms with van der Waals surface area (Å²) in [6, 6.07) is -0.950. The van der Waals surface area contributed by atoms with Gasteiger partial charge >= 0.3 is 5.97 Å². The lowest BCUT2D eigenvalue weighted by molar-refractivity contribution is -0.139. The van der Waals surface area contributed by atoms with Gasteiger partial charge < -0.3 is 4.74 Å². The largest absolute Gasteiger partial charge is 0.465 e. The average Bonchev–Trinajstić information content (AvgIpc) is 3.03. The van der Waals surface area contributed by atoms with Crippen LogP contribution in [0.1, 0.15) is 13.3 Å². The Morgan fingerprint density at radius 1 is 1.52 bits per heavy atom. The molecule has 0 spiro atoms. The number of nitrogens with zero attached hydrogens (tertiary/aromatic N) is 2. The molecule has 0 radical (unpaired) electrons. The van der Waals surface area contributed by atoms with E-state index in [1.54, 1.807) is 6.92 Å². The first-order valence-electron chi connectivity index (χ1n) is 6.43. The van der Waals surface area contributed by atoms with Crippen LogP contribution in [-0.2, 0) is 14.3 Å². The summed E-state index contributed by atoms with van der Waals surface area (Å²) in [5.41, 5.74) is 0. The van der Waals surface area contributed by atoms with Crippen LogP contribution in [0.4, 0.5) is 13.9 Å². The monoisotopic (exact) mass is 388 g/mol. The maximum Gasteiger partial charge on any atom is 0.316 e. The summed E-state index contributed by atoms with van der Waals surface area (Å²) < 4.78 is 31.3. The Kier molecular flexibility index (Phi) is 7.58. The third-order valence-corrected chi connectivity index (χ3v) is 4.63. The topological polar surface area (TPSA) is 93.2 Å². The summed E-state index contributed by atoms with van der Waals surface area (Å²) in [4.78, 5) is 23.0. The van der Waals surface area contributed by atoms with E-state index in [4.69, 9.17) is 4.74 Å². The molecule has 0 aromatic carbocycles. The lowest BCUT2D eigenvalue weighted by atomic mass is 10.2. The summed E-state index contributed by atoms with van der Waals surface area (Å²) in [5, 5.41) is 12.6. The highest BCUT2D eigenvalue weighted by molar-refractivity contribution is 8.01. The number of aromatic nitrogens is 2. The Bertz CT molecular complexity index is 561.